The van der Waals surface area contributed by atoms with Crippen molar-refractivity contribution in [2.24, 2.45) is 0 Å². The molecule has 0 saturated heterocycles. The van der Waals surface area contributed by atoms with Crippen molar-refractivity contribution in [3.05, 3.63) is 59.9 Å². The standard InChI is InChI=1S/C17H13F3N2O3/c1-23-13-3-2-4-14(9-13)24-10-15-21-16(25-22-15)11-5-7-12(8-6-11)17(18,19)20/h2-9H,10H2,1H3. The van der Waals surface area contributed by atoms with E-state index in [0.717, 1.165) is 12.1 Å². The van der Waals surface area contributed by atoms with Gasteiger partial charge in [0, 0.05) is 11.6 Å². The molecule has 0 saturated carbocycles. The molecule has 1 heterocycles. The largest absolute Gasteiger partial charge is 0.497 e. The van der Waals surface area contributed by atoms with E-state index in [1.165, 1.54) is 12.1 Å². The van der Waals surface area contributed by atoms with E-state index < -0.39 is 11.7 Å². The molecule has 3 rings (SSSR count). The minimum absolute atomic E-state index is 0.0529. The fourth-order valence-electron chi connectivity index (χ4n) is 2.07. The molecule has 8 heteroatoms. The van der Waals surface area contributed by atoms with Gasteiger partial charge in [-0.3, -0.25) is 0 Å². The van der Waals surface area contributed by atoms with Crippen molar-refractivity contribution in [3.8, 4) is 23.0 Å². The lowest BCUT2D eigenvalue weighted by Gasteiger charge is -2.05. The molecule has 0 aliphatic heterocycles. The lowest BCUT2D eigenvalue weighted by Crippen LogP contribution is -2.04. The molecule has 0 aliphatic rings. The molecule has 0 bridgehead atoms. The van der Waals surface area contributed by atoms with Gasteiger partial charge in [0.1, 0.15) is 11.5 Å². The minimum Gasteiger partial charge on any atom is -0.497 e. The topological polar surface area (TPSA) is 57.4 Å². The number of methoxy groups -OCH3 is 1. The Balaban J connectivity index is 1.68. The van der Waals surface area contributed by atoms with Crippen LogP contribution in [0.15, 0.2) is 53.1 Å². The van der Waals surface area contributed by atoms with Crippen LogP contribution in [0, 0.1) is 0 Å². The van der Waals surface area contributed by atoms with Gasteiger partial charge >= 0.3 is 6.18 Å². The molecule has 2 aromatic carbocycles. The van der Waals surface area contributed by atoms with Gasteiger partial charge in [-0.1, -0.05) is 11.2 Å². The fraction of sp³-hybridized carbons (Fsp3) is 0.176. The highest BCUT2D eigenvalue weighted by atomic mass is 19.4. The second-order valence-electron chi connectivity index (χ2n) is 5.06. The summed E-state index contributed by atoms with van der Waals surface area (Å²) in [5.74, 6) is 1.62. The van der Waals surface area contributed by atoms with Gasteiger partial charge in [-0.25, -0.2) is 0 Å². The van der Waals surface area contributed by atoms with Gasteiger partial charge in [-0.2, -0.15) is 18.2 Å². The summed E-state index contributed by atoms with van der Waals surface area (Å²) in [5.41, 5.74) is -0.342. The first kappa shape index (κ1) is 16.8. The molecule has 0 aliphatic carbocycles. The van der Waals surface area contributed by atoms with Gasteiger partial charge in [0.2, 0.25) is 5.82 Å². The molecule has 5 nitrogen and oxygen atoms in total. The average Bonchev–Trinajstić information content (AvgIpc) is 3.08. The van der Waals surface area contributed by atoms with Crippen LogP contribution in [-0.4, -0.2) is 17.3 Å². The number of ether oxygens (including phenoxy) is 2. The lowest BCUT2D eigenvalue weighted by molar-refractivity contribution is -0.137. The summed E-state index contributed by atoms with van der Waals surface area (Å²) in [6.45, 7) is 0.0529. The first-order valence-electron chi connectivity index (χ1n) is 7.23. The number of alkyl halides is 3. The predicted molar refractivity (Wildman–Crippen MR) is 82.1 cm³/mol. The van der Waals surface area contributed by atoms with Crippen molar-refractivity contribution in [1.82, 2.24) is 10.1 Å². The van der Waals surface area contributed by atoms with Crippen molar-refractivity contribution in [2.45, 2.75) is 12.8 Å². The molecule has 3 aromatic rings. The first-order valence-corrected chi connectivity index (χ1v) is 7.23. The van der Waals surface area contributed by atoms with E-state index in [4.69, 9.17) is 14.0 Å². The maximum Gasteiger partial charge on any atom is 0.416 e. The Kier molecular flexibility index (Phi) is 4.60. The van der Waals surface area contributed by atoms with E-state index in [2.05, 4.69) is 10.1 Å². The van der Waals surface area contributed by atoms with Crippen LogP contribution in [0.4, 0.5) is 13.2 Å². The Hall–Kier alpha value is -3.03. The van der Waals surface area contributed by atoms with E-state index in [-0.39, 0.29) is 18.3 Å². The maximum atomic E-state index is 12.6. The summed E-state index contributed by atoms with van der Waals surface area (Å²) in [6.07, 6.45) is -4.39. The molecule has 0 spiro atoms. The summed E-state index contributed by atoms with van der Waals surface area (Å²) < 4.78 is 53.4. The number of rotatable bonds is 5. The lowest BCUT2D eigenvalue weighted by atomic mass is 10.1. The number of nitrogens with zero attached hydrogens (tertiary/aromatic N) is 2. The maximum absolute atomic E-state index is 12.6. The van der Waals surface area contributed by atoms with Crippen molar-refractivity contribution >= 4 is 0 Å². The summed E-state index contributed by atoms with van der Waals surface area (Å²) in [4.78, 5) is 4.11. The van der Waals surface area contributed by atoms with Crippen molar-refractivity contribution in [1.29, 1.82) is 0 Å². The number of halogens is 3. The molecule has 0 N–H and O–H groups in total. The third-order valence-corrected chi connectivity index (χ3v) is 3.34. The van der Waals surface area contributed by atoms with Crippen LogP contribution in [-0.2, 0) is 12.8 Å². The quantitative estimate of drug-likeness (QED) is 0.685. The Labute approximate surface area is 141 Å². The Morgan fingerprint density at radius 1 is 1.04 bits per heavy atom. The monoisotopic (exact) mass is 350 g/mol. The minimum atomic E-state index is -4.39. The van der Waals surface area contributed by atoms with Gasteiger partial charge in [0.05, 0.1) is 12.7 Å². The van der Waals surface area contributed by atoms with E-state index in [0.29, 0.717) is 17.1 Å². The zero-order chi connectivity index (χ0) is 17.9. The van der Waals surface area contributed by atoms with E-state index in [9.17, 15) is 13.2 Å². The van der Waals surface area contributed by atoms with Crippen LogP contribution in [0.3, 0.4) is 0 Å². The number of aromatic nitrogens is 2. The molecular weight excluding hydrogens is 337 g/mol. The van der Waals surface area contributed by atoms with Crippen LogP contribution < -0.4 is 9.47 Å². The van der Waals surface area contributed by atoms with Gasteiger partial charge < -0.3 is 14.0 Å². The number of hydrogen-bond acceptors (Lipinski definition) is 5. The SMILES string of the molecule is COc1cccc(OCc2noc(-c3ccc(C(F)(F)F)cc3)n2)c1. The van der Waals surface area contributed by atoms with E-state index >= 15 is 0 Å². The third kappa shape index (κ3) is 4.09. The smallest absolute Gasteiger partial charge is 0.416 e. The van der Waals surface area contributed by atoms with Crippen LogP contribution in [0.25, 0.3) is 11.5 Å². The first-order chi connectivity index (χ1) is 12.0. The summed E-state index contributed by atoms with van der Waals surface area (Å²) in [7, 11) is 1.55. The normalized spacial score (nSPS) is 11.4. The second kappa shape index (κ2) is 6.84. The van der Waals surface area contributed by atoms with Crippen molar-refractivity contribution in [2.75, 3.05) is 7.11 Å². The number of benzene rings is 2. The second-order valence-corrected chi connectivity index (χ2v) is 5.06. The highest BCUT2D eigenvalue weighted by Gasteiger charge is 2.30. The molecule has 130 valence electrons. The Morgan fingerprint density at radius 3 is 2.44 bits per heavy atom. The van der Waals surface area contributed by atoms with Crippen LogP contribution in [0.2, 0.25) is 0 Å². The molecule has 0 radical (unpaired) electrons. The van der Waals surface area contributed by atoms with Crippen LogP contribution >= 0.6 is 0 Å². The van der Waals surface area contributed by atoms with Gasteiger partial charge in [-0.15, -0.1) is 0 Å². The molecule has 0 amide bonds. The molecule has 1 aromatic heterocycles. The third-order valence-electron chi connectivity index (χ3n) is 3.34. The highest BCUT2D eigenvalue weighted by Crippen LogP contribution is 2.30. The number of hydrogen-bond donors (Lipinski definition) is 0. The average molecular weight is 350 g/mol. The summed E-state index contributed by atoms with van der Waals surface area (Å²) in [6, 6.07) is 11.5. The van der Waals surface area contributed by atoms with Crippen molar-refractivity contribution in [3.63, 3.8) is 0 Å². The van der Waals surface area contributed by atoms with E-state index in [1.807, 2.05) is 0 Å². The molecule has 0 unspecified atom stereocenters. The van der Waals surface area contributed by atoms with E-state index in [1.54, 1.807) is 31.4 Å². The van der Waals surface area contributed by atoms with Gasteiger partial charge in [-0.05, 0) is 36.4 Å². The molecule has 25 heavy (non-hydrogen) atoms. The van der Waals surface area contributed by atoms with Crippen LogP contribution in [0.5, 0.6) is 11.5 Å². The Bertz CT molecular complexity index is 845. The predicted octanol–water partition coefficient (Wildman–Crippen LogP) is 4.34. The van der Waals surface area contributed by atoms with Gasteiger partial charge in [0.25, 0.3) is 5.89 Å². The van der Waals surface area contributed by atoms with Gasteiger partial charge in [0.15, 0.2) is 6.61 Å². The molecule has 0 fully saturated rings. The Morgan fingerprint density at radius 2 is 1.76 bits per heavy atom. The zero-order valence-corrected chi connectivity index (χ0v) is 13.1. The summed E-state index contributed by atoms with van der Waals surface area (Å²) >= 11 is 0. The summed E-state index contributed by atoms with van der Waals surface area (Å²) in [5, 5.41) is 3.76. The molecular formula is C17H13F3N2O3. The molecule has 0 atom stereocenters. The fourth-order valence-corrected chi connectivity index (χ4v) is 2.07. The highest BCUT2D eigenvalue weighted by molar-refractivity contribution is 5.53. The zero-order valence-electron chi connectivity index (χ0n) is 13.1. The van der Waals surface area contributed by atoms with Crippen molar-refractivity contribution < 1.29 is 27.2 Å². The van der Waals surface area contributed by atoms with Crippen LogP contribution in [0.1, 0.15) is 11.4 Å².